The van der Waals surface area contributed by atoms with Crippen LogP contribution < -0.4 is 5.73 Å². The number of aromatic nitrogens is 2. The Morgan fingerprint density at radius 2 is 1.88 bits per heavy atom. The van der Waals surface area contributed by atoms with Gasteiger partial charge >= 0.3 is 5.97 Å². The number of anilines is 1. The molecular formula is C19H27FN4O2. The first-order valence-electron chi connectivity index (χ1n) is 8.44. The Labute approximate surface area is 154 Å². The Morgan fingerprint density at radius 3 is 2.38 bits per heavy atom. The Bertz CT molecular complexity index is 776. The number of carbonyl (C=O) groups is 1. The van der Waals surface area contributed by atoms with Crippen LogP contribution in [0, 0.1) is 17.1 Å². The van der Waals surface area contributed by atoms with Crippen LogP contribution >= 0.6 is 0 Å². The van der Waals surface area contributed by atoms with E-state index in [9.17, 15) is 9.18 Å². The van der Waals surface area contributed by atoms with Gasteiger partial charge in [0.25, 0.3) is 0 Å². The molecule has 1 aromatic heterocycles. The van der Waals surface area contributed by atoms with Crippen LogP contribution in [0.1, 0.15) is 47.1 Å². The highest BCUT2D eigenvalue weighted by atomic mass is 19.1. The molecule has 0 radical (unpaired) electrons. The van der Waals surface area contributed by atoms with E-state index in [2.05, 4.69) is 5.10 Å². The molecule has 26 heavy (non-hydrogen) atoms. The number of benzene rings is 1. The van der Waals surface area contributed by atoms with Crippen LogP contribution in [0.3, 0.4) is 0 Å². The summed E-state index contributed by atoms with van der Waals surface area (Å²) in [6.07, 6.45) is 2.88. The lowest BCUT2D eigenvalue weighted by atomic mass is 10.0. The zero-order valence-electron chi connectivity index (χ0n) is 16.4. The monoisotopic (exact) mass is 362 g/mol. The molecule has 0 amide bonds. The van der Waals surface area contributed by atoms with E-state index in [1.54, 1.807) is 13.8 Å². The second-order valence-electron chi connectivity index (χ2n) is 5.26. The highest BCUT2D eigenvalue weighted by Crippen LogP contribution is 2.30. The minimum Gasteiger partial charge on any atom is -0.467 e. The number of rotatable bonds is 3. The number of nitrogens with two attached hydrogens (primary N) is 1. The van der Waals surface area contributed by atoms with Crippen molar-refractivity contribution in [3.63, 3.8) is 0 Å². The predicted molar refractivity (Wildman–Crippen MR) is 101 cm³/mol. The Morgan fingerprint density at radius 1 is 1.31 bits per heavy atom. The van der Waals surface area contributed by atoms with Gasteiger partial charge in [0.05, 0.1) is 24.9 Å². The standard InChI is InChI=1S/C15H15FN4O2.2C2H6/c1-15(2,14(21)22-3)20-8-10(7-19-20)13-9(6-17)4-11(18)5-12(13)16;2*1-2/h4-5,7-8H,18H2,1-3H3;2*1-2H3. The summed E-state index contributed by atoms with van der Waals surface area (Å²) < 4.78 is 20.2. The van der Waals surface area contributed by atoms with Gasteiger partial charge in [-0.05, 0) is 26.0 Å². The van der Waals surface area contributed by atoms with Crippen LogP contribution in [0.4, 0.5) is 10.1 Å². The summed E-state index contributed by atoms with van der Waals surface area (Å²) in [6, 6.07) is 4.44. The molecule has 1 aromatic carbocycles. The summed E-state index contributed by atoms with van der Waals surface area (Å²) in [5, 5.41) is 13.2. The maximum Gasteiger partial charge on any atom is 0.333 e. The van der Waals surface area contributed by atoms with Crippen LogP contribution in [0.15, 0.2) is 24.5 Å². The maximum absolute atomic E-state index is 14.2. The molecule has 7 heteroatoms. The van der Waals surface area contributed by atoms with E-state index in [1.807, 2.05) is 33.8 Å². The van der Waals surface area contributed by atoms with E-state index >= 15 is 0 Å². The first-order valence-corrected chi connectivity index (χ1v) is 8.44. The van der Waals surface area contributed by atoms with Crippen LogP contribution in [0.2, 0.25) is 0 Å². The van der Waals surface area contributed by atoms with Crippen LogP contribution in [-0.4, -0.2) is 22.9 Å². The lowest BCUT2D eigenvalue weighted by Crippen LogP contribution is -2.37. The molecule has 0 fully saturated rings. The fourth-order valence-corrected chi connectivity index (χ4v) is 2.11. The minimum absolute atomic E-state index is 0.101. The van der Waals surface area contributed by atoms with E-state index in [0.717, 1.165) is 6.07 Å². The molecule has 142 valence electrons. The van der Waals surface area contributed by atoms with E-state index in [-0.39, 0.29) is 16.8 Å². The summed E-state index contributed by atoms with van der Waals surface area (Å²) in [5.74, 6) is -1.10. The Hall–Kier alpha value is -2.88. The fourth-order valence-electron chi connectivity index (χ4n) is 2.11. The zero-order chi connectivity index (χ0) is 20.5. The molecule has 2 N–H and O–H groups in total. The van der Waals surface area contributed by atoms with Crippen molar-refractivity contribution < 1.29 is 13.9 Å². The third-order valence-corrected chi connectivity index (χ3v) is 3.36. The van der Waals surface area contributed by atoms with Crippen molar-refractivity contribution in [3.05, 3.63) is 35.9 Å². The van der Waals surface area contributed by atoms with Crippen molar-refractivity contribution in [2.45, 2.75) is 47.1 Å². The molecule has 0 atom stereocenters. The second kappa shape index (κ2) is 10.2. The van der Waals surface area contributed by atoms with Gasteiger partial charge in [-0.3, -0.25) is 4.68 Å². The minimum atomic E-state index is -1.05. The number of nitrogen functional groups attached to an aromatic ring is 1. The lowest BCUT2D eigenvalue weighted by molar-refractivity contribution is -0.150. The van der Waals surface area contributed by atoms with Crippen molar-refractivity contribution in [1.29, 1.82) is 5.26 Å². The van der Waals surface area contributed by atoms with Crippen LogP contribution in [0.5, 0.6) is 0 Å². The Kier molecular flexibility index (Phi) is 9.06. The quantitative estimate of drug-likeness (QED) is 0.655. The highest BCUT2D eigenvalue weighted by molar-refractivity contribution is 5.78. The van der Waals surface area contributed by atoms with Crippen molar-refractivity contribution in [2.24, 2.45) is 0 Å². The molecule has 0 saturated carbocycles. The van der Waals surface area contributed by atoms with Crippen LogP contribution in [0.25, 0.3) is 11.1 Å². The predicted octanol–water partition coefficient (Wildman–Crippen LogP) is 4.10. The third kappa shape index (κ3) is 4.82. The van der Waals surface area contributed by atoms with E-state index in [4.69, 9.17) is 15.7 Å². The number of methoxy groups -OCH3 is 1. The van der Waals surface area contributed by atoms with Gasteiger partial charge in [-0.1, -0.05) is 27.7 Å². The summed E-state index contributed by atoms with van der Waals surface area (Å²) in [4.78, 5) is 11.8. The molecule has 0 bridgehead atoms. The molecule has 1 heterocycles. The van der Waals surface area contributed by atoms with Crippen molar-refractivity contribution in [3.8, 4) is 17.2 Å². The number of nitriles is 1. The molecule has 0 saturated heterocycles. The molecule has 0 spiro atoms. The fraction of sp³-hybridized carbons (Fsp3) is 0.421. The Balaban J connectivity index is 0.00000146. The molecule has 0 aliphatic rings. The first-order chi connectivity index (χ1) is 12.3. The largest absolute Gasteiger partial charge is 0.467 e. The number of carbonyl (C=O) groups excluding carboxylic acids is 1. The molecule has 2 rings (SSSR count). The summed E-state index contributed by atoms with van der Waals surface area (Å²) in [7, 11) is 1.28. The van der Waals surface area contributed by atoms with Gasteiger partial charge in [0.15, 0.2) is 5.54 Å². The van der Waals surface area contributed by atoms with E-state index in [0.29, 0.717) is 5.56 Å². The highest BCUT2D eigenvalue weighted by Gasteiger charge is 2.32. The molecule has 0 aliphatic heterocycles. The molecule has 6 nitrogen and oxygen atoms in total. The topological polar surface area (TPSA) is 93.9 Å². The van der Waals surface area contributed by atoms with Gasteiger partial charge in [0.1, 0.15) is 5.82 Å². The number of halogens is 1. The number of hydrogen-bond donors (Lipinski definition) is 1. The normalized spacial score (nSPS) is 9.81. The molecule has 0 aliphatic carbocycles. The van der Waals surface area contributed by atoms with Gasteiger partial charge in [-0.2, -0.15) is 10.4 Å². The molecule has 2 aromatic rings. The SMILES string of the molecule is CC.CC.COC(=O)C(C)(C)n1cc(-c2c(F)cc(N)cc2C#N)cn1. The summed E-state index contributed by atoms with van der Waals surface area (Å²) >= 11 is 0. The average molecular weight is 362 g/mol. The number of esters is 1. The summed E-state index contributed by atoms with van der Waals surface area (Å²) in [5.41, 5.74) is 5.24. The second-order valence-corrected chi connectivity index (χ2v) is 5.26. The zero-order valence-corrected chi connectivity index (χ0v) is 16.4. The van der Waals surface area contributed by atoms with Crippen molar-refractivity contribution >= 4 is 11.7 Å². The number of nitrogens with zero attached hydrogens (tertiary/aromatic N) is 3. The number of ether oxygens (including phenoxy) is 1. The molecule has 0 unspecified atom stereocenters. The number of hydrogen-bond acceptors (Lipinski definition) is 5. The van der Waals surface area contributed by atoms with Crippen molar-refractivity contribution in [1.82, 2.24) is 9.78 Å². The molecular weight excluding hydrogens is 335 g/mol. The maximum atomic E-state index is 14.2. The van der Waals surface area contributed by atoms with E-state index in [1.165, 1.54) is 30.3 Å². The van der Waals surface area contributed by atoms with Gasteiger partial charge in [-0.15, -0.1) is 0 Å². The van der Waals surface area contributed by atoms with Crippen LogP contribution in [-0.2, 0) is 15.1 Å². The van der Waals surface area contributed by atoms with Crippen molar-refractivity contribution in [2.75, 3.05) is 12.8 Å². The smallest absolute Gasteiger partial charge is 0.333 e. The van der Waals surface area contributed by atoms with Gasteiger partial charge < -0.3 is 10.5 Å². The van der Waals surface area contributed by atoms with Gasteiger partial charge in [0.2, 0.25) is 0 Å². The van der Waals surface area contributed by atoms with E-state index < -0.39 is 17.3 Å². The third-order valence-electron chi connectivity index (χ3n) is 3.36. The van der Waals surface area contributed by atoms with Gasteiger partial charge in [-0.25, -0.2) is 9.18 Å². The first kappa shape index (κ1) is 23.1. The lowest BCUT2D eigenvalue weighted by Gasteiger charge is -2.21. The average Bonchev–Trinajstić information content (AvgIpc) is 3.13. The van der Waals surface area contributed by atoms with Gasteiger partial charge in [0, 0.05) is 23.0 Å². The summed E-state index contributed by atoms with van der Waals surface area (Å²) in [6.45, 7) is 11.3.